The zero-order chi connectivity index (χ0) is 16.4. The number of alkyl halides is 3. The number of hydrogen-bond donors (Lipinski definition) is 0. The predicted octanol–water partition coefficient (Wildman–Crippen LogP) is 5.78. The molecule has 3 rings (SSSR count). The van der Waals surface area contributed by atoms with Gasteiger partial charge in [0.1, 0.15) is 5.82 Å². The Bertz CT molecular complexity index is 820. The molecule has 23 heavy (non-hydrogen) atoms. The van der Waals surface area contributed by atoms with E-state index in [1.807, 2.05) is 30.3 Å². The van der Waals surface area contributed by atoms with Gasteiger partial charge in [-0.15, -0.1) is 0 Å². The maximum Gasteiger partial charge on any atom is 0.416 e. The molecule has 0 aliphatic carbocycles. The first-order chi connectivity index (χ1) is 10.9. The van der Waals surface area contributed by atoms with Crippen molar-refractivity contribution in [2.24, 2.45) is 0 Å². The van der Waals surface area contributed by atoms with Gasteiger partial charge in [0, 0.05) is 0 Å². The Kier molecular flexibility index (Phi) is 4.07. The van der Waals surface area contributed by atoms with Crippen LogP contribution in [0.5, 0.6) is 0 Å². The van der Waals surface area contributed by atoms with Crippen LogP contribution in [-0.2, 0) is 19.0 Å². The Hall–Kier alpha value is -2.36. The molecule has 0 N–H and O–H groups in total. The van der Waals surface area contributed by atoms with Crippen molar-refractivity contribution in [3.8, 4) is 0 Å². The maximum atomic E-state index is 13.7. The molecule has 0 aliphatic rings. The molecule has 0 nitrogen and oxygen atoms in total. The van der Waals surface area contributed by atoms with Crippen LogP contribution in [-0.4, -0.2) is 0 Å². The van der Waals surface area contributed by atoms with Gasteiger partial charge in [0.25, 0.3) is 0 Å². The summed E-state index contributed by atoms with van der Waals surface area (Å²) in [4.78, 5) is 0. The Morgan fingerprint density at radius 3 is 2.22 bits per heavy atom. The zero-order valence-electron chi connectivity index (χ0n) is 12.2. The largest absolute Gasteiger partial charge is 0.416 e. The highest BCUT2D eigenvalue weighted by Gasteiger charge is 2.30. The third kappa shape index (κ3) is 3.52. The molecule has 0 aromatic heterocycles. The molecule has 0 bridgehead atoms. The first-order valence-electron chi connectivity index (χ1n) is 7.27. The van der Waals surface area contributed by atoms with Crippen LogP contribution < -0.4 is 0 Å². The van der Waals surface area contributed by atoms with Crippen LogP contribution >= 0.6 is 0 Å². The normalized spacial score (nSPS) is 11.8. The van der Waals surface area contributed by atoms with E-state index in [2.05, 4.69) is 0 Å². The highest BCUT2D eigenvalue weighted by molar-refractivity contribution is 5.86. The van der Waals surface area contributed by atoms with Crippen molar-refractivity contribution < 1.29 is 17.6 Å². The van der Waals surface area contributed by atoms with Gasteiger partial charge >= 0.3 is 6.18 Å². The van der Waals surface area contributed by atoms with E-state index in [9.17, 15) is 17.6 Å². The molecule has 0 atom stereocenters. The van der Waals surface area contributed by atoms with Crippen molar-refractivity contribution >= 4 is 10.8 Å². The standard InChI is InChI=1S/C19H14F4/c20-17-10-14(7-6-13-4-2-1-3-5-13)18-12-16(19(21,22)23)9-8-15(18)11-17/h1-5,8-12H,6-7H2. The Morgan fingerprint density at radius 2 is 1.52 bits per heavy atom. The first kappa shape index (κ1) is 15.5. The summed E-state index contributed by atoms with van der Waals surface area (Å²) < 4.78 is 52.4. The van der Waals surface area contributed by atoms with Crippen LogP contribution in [0.15, 0.2) is 60.7 Å². The minimum Gasteiger partial charge on any atom is -0.207 e. The summed E-state index contributed by atoms with van der Waals surface area (Å²) in [5, 5.41) is 0.943. The third-order valence-electron chi connectivity index (χ3n) is 3.86. The van der Waals surface area contributed by atoms with Crippen LogP contribution in [0, 0.1) is 5.82 Å². The van der Waals surface area contributed by atoms with E-state index in [-0.39, 0.29) is 0 Å². The molecular formula is C19H14F4. The Balaban J connectivity index is 2.00. The average molecular weight is 318 g/mol. The van der Waals surface area contributed by atoms with Gasteiger partial charge in [-0.3, -0.25) is 0 Å². The summed E-state index contributed by atoms with van der Waals surface area (Å²) in [6.45, 7) is 0. The van der Waals surface area contributed by atoms with Gasteiger partial charge in [-0.2, -0.15) is 13.2 Å². The van der Waals surface area contributed by atoms with Crippen molar-refractivity contribution in [3.63, 3.8) is 0 Å². The predicted molar refractivity (Wildman–Crippen MR) is 82.8 cm³/mol. The van der Waals surface area contributed by atoms with Gasteiger partial charge in [0.05, 0.1) is 5.56 Å². The van der Waals surface area contributed by atoms with Crippen LogP contribution in [0.25, 0.3) is 10.8 Å². The van der Waals surface area contributed by atoms with Crippen molar-refractivity contribution in [2.45, 2.75) is 19.0 Å². The molecule has 0 saturated carbocycles. The quantitative estimate of drug-likeness (QED) is 0.537. The SMILES string of the molecule is Fc1cc(CCc2ccccc2)c2cc(C(F)(F)F)ccc2c1. The van der Waals surface area contributed by atoms with Gasteiger partial charge < -0.3 is 0 Å². The van der Waals surface area contributed by atoms with E-state index in [1.54, 1.807) is 0 Å². The molecule has 0 amide bonds. The molecular weight excluding hydrogens is 304 g/mol. The number of benzene rings is 3. The van der Waals surface area contributed by atoms with Gasteiger partial charge in [-0.25, -0.2) is 4.39 Å². The Labute approximate surface area is 131 Å². The van der Waals surface area contributed by atoms with E-state index < -0.39 is 17.6 Å². The molecule has 0 unspecified atom stereocenters. The number of halogens is 4. The summed E-state index contributed by atoms with van der Waals surface area (Å²) in [7, 11) is 0. The van der Waals surface area contributed by atoms with Crippen LogP contribution in [0.1, 0.15) is 16.7 Å². The van der Waals surface area contributed by atoms with Crippen molar-refractivity contribution in [3.05, 3.63) is 83.2 Å². The van der Waals surface area contributed by atoms with E-state index >= 15 is 0 Å². The zero-order valence-corrected chi connectivity index (χ0v) is 12.2. The topological polar surface area (TPSA) is 0 Å². The fourth-order valence-corrected chi connectivity index (χ4v) is 2.70. The molecule has 0 radical (unpaired) electrons. The van der Waals surface area contributed by atoms with E-state index in [1.165, 1.54) is 18.2 Å². The lowest BCUT2D eigenvalue weighted by molar-refractivity contribution is -0.137. The monoisotopic (exact) mass is 318 g/mol. The fraction of sp³-hybridized carbons (Fsp3) is 0.158. The number of aryl methyl sites for hydroxylation is 2. The van der Waals surface area contributed by atoms with Gasteiger partial charge in [-0.1, -0.05) is 36.4 Å². The highest BCUT2D eigenvalue weighted by Crippen LogP contribution is 2.33. The molecule has 0 saturated heterocycles. The fourth-order valence-electron chi connectivity index (χ4n) is 2.70. The van der Waals surface area contributed by atoms with E-state index in [0.29, 0.717) is 29.2 Å². The number of hydrogen-bond acceptors (Lipinski definition) is 0. The van der Waals surface area contributed by atoms with E-state index in [4.69, 9.17) is 0 Å². The number of fused-ring (bicyclic) bond motifs is 1. The second-order valence-electron chi connectivity index (χ2n) is 5.48. The lowest BCUT2D eigenvalue weighted by atomic mass is 9.97. The molecule has 3 aromatic carbocycles. The third-order valence-corrected chi connectivity index (χ3v) is 3.86. The lowest BCUT2D eigenvalue weighted by Gasteiger charge is -2.11. The van der Waals surface area contributed by atoms with Crippen LogP contribution in [0.2, 0.25) is 0 Å². The second-order valence-corrected chi connectivity index (χ2v) is 5.48. The molecule has 0 fully saturated rings. The molecule has 0 aliphatic heterocycles. The van der Waals surface area contributed by atoms with Crippen molar-refractivity contribution in [1.29, 1.82) is 0 Å². The van der Waals surface area contributed by atoms with Gasteiger partial charge in [-0.05, 0) is 59.0 Å². The maximum absolute atomic E-state index is 13.7. The minimum atomic E-state index is -4.40. The van der Waals surface area contributed by atoms with Crippen molar-refractivity contribution in [2.75, 3.05) is 0 Å². The molecule has 4 heteroatoms. The van der Waals surface area contributed by atoms with Crippen LogP contribution in [0.4, 0.5) is 17.6 Å². The minimum absolute atomic E-state index is 0.430. The van der Waals surface area contributed by atoms with Crippen molar-refractivity contribution in [1.82, 2.24) is 0 Å². The van der Waals surface area contributed by atoms with E-state index in [0.717, 1.165) is 17.7 Å². The molecule has 3 aromatic rings. The molecule has 118 valence electrons. The molecule has 0 heterocycles. The summed E-state index contributed by atoms with van der Waals surface area (Å²) >= 11 is 0. The summed E-state index contributed by atoms with van der Waals surface area (Å²) in [6, 6.07) is 15.6. The summed E-state index contributed by atoms with van der Waals surface area (Å²) in [5.74, 6) is -0.430. The Morgan fingerprint density at radius 1 is 0.783 bits per heavy atom. The highest BCUT2D eigenvalue weighted by atomic mass is 19.4. The second kappa shape index (κ2) is 6.03. The molecule has 0 spiro atoms. The smallest absolute Gasteiger partial charge is 0.207 e. The summed E-state index contributed by atoms with van der Waals surface area (Å²) in [6.07, 6.45) is -3.27. The lowest BCUT2D eigenvalue weighted by Crippen LogP contribution is -2.05. The average Bonchev–Trinajstić information content (AvgIpc) is 2.52. The number of rotatable bonds is 3. The van der Waals surface area contributed by atoms with Crippen LogP contribution in [0.3, 0.4) is 0 Å². The summed E-state index contributed by atoms with van der Waals surface area (Å²) in [5.41, 5.74) is 0.949. The van der Waals surface area contributed by atoms with Gasteiger partial charge in [0.2, 0.25) is 0 Å². The van der Waals surface area contributed by atoms with Gasteiger partial charge in [0.15, 0.2) is 0 Å². The first-order valence-corrected chi connectivity index (χ1v) is 7.27.